The Bertz CT molecular complexity index is 654. The Morgan fingerprint density at radius 1 is 1.04 bits per heavy atom. The molecule has 136 valence electrons. The molecule has 1 aromatic heterocycles. The molecule has 3 N–H and O–H groups in total. The molecule has 0 atom stereocenters. The molecule has 1 amide bonds. The van der Waals surface area contributed by atoms with Gasteiger partial charge in [-0.3, -0.25) is 4.79 Å². The van der Waals surface area contributed by atoms with Crippen molar-refractivity contribution >= 4 is 35.8 Å². The Labute approximate surface area is 165 Å². The van der Waals surface area contributed by atoms with Crippen LogP contribution in [0.2, 0.25) is 0 Å². The summed E-state index contributed by atoms with van der Waals surface area (Å²) in [7, 11) is 0. The molecule has 0 unspecified atom stereocenters. The molecule has 25 heavy (non-hydrogen) atoms. The maximum Gasteiger partial charge on any atom is 0.251 e. The fourth-order valence-electron chi connectivity index (χ4n) is 2.12. The zero-order chi connectivity index (χ0) is 17.2. The molecule has 1 aromatic carbocycles. The third-order valence-electron chi connectivity index (χ3n) is 3.33. The van der Waals surface area contributed by atoms with E-state index < -0.39 is 0 Å². The van der Waals surface area contributed by atoms with Gasteiger partial charge in [0.25, 0.3) is 5.91 Å². The standard InChI is InChI=1S/C18H24N4O2.HI/c1-3-19-17(23)15-9-7-14(8-10-15)12-21-18(20-4-2)22-13-16-6-5-11-24-16;/h5-11H,3-4,12-13H2,1-2H3,(H,19,23)(H2,20,21,22);1H. The lowest BCUT2D eigenvalue weighted by atomic mass is 10.1. The Balaban J connectivity index is 0.00000312. The number of benzene rings is 1. The Morgan fingerprint density at radius 3 is 2.36 bits per heavy atom. The third kappa shape index (κ3) is 7.16. The molecule has 1 heterocycles. The van der Waals surface area contributed by atoms with Crippen molar-refractivity contribution in [3.8, 4) is 0 Å². The number of rotatable bonds is 7. The average molecular weight is 456 g/mol. The van der Waals surface area contributed by atoms with Crippen LogP contribution in [0, 0.1) is 0 Å². The molecule has 0 aliphatic carbocycles. The fraction of sp³-hybridized carbons (Fsp3) is 0.333. The van der Waals surface area contributed by atoms with Gasteiger partial charge in [0.2, 0.25) is 0 Å². The molecule has 2 rings (SSSR count). The summed E-state index contributed by atoms with van der Waals surface area (Å²) in [5.74, 6) is 1.52. The van der Waals surface area contributed by atoms with E-state index in [-0.39, 0.29) is 29.9 Å². The number of carbonyl (C=O) groups excluding carboxylic acids is 1. The summed E-state index contributed by atoms with van der Waals surface area (Å²) in [6.07, 6.45) is 1.65. The lowest BCUT2D eigenvalue weighted by Crippen LogP contribution is -2.36. The molecular weight excluding hydrogens is 431 g/mol. The van der Waals surface area contributed by atoms with E-state index in [4.69, 9.17) is 4.42 Å². The predicted octanol–water partition coefficient (Wildman–Crippen LogP) is 2.90. The molecule has 0 aliphatic heterocycles. The van der Waals surface area contributed by atoms with Crippen molar-refractivity contribution in [2.45, 2.75) is 26.9 Å². The molecule has 0 aliphatic rings. The van der Waals surface area contributed by atoms with E-state index in [0.29, 0.717) is 25.2 Å². The number of aliphatic imine (C=N–C) groups is 1. The first-order chi connectivity index (χ1) is 11.7. The van der Waals surface area contributed by atoms with Crippen LogP contribution in [0.5, 0.6) is 0 Å². The van der Waals surface area contributed by atoms with Gasteiger partial charge in [-0.25, -0.2) is 4.99 Å². The maximum atomic E-state index is 11.7. The zero-order valence-electron chi connectivity index (χ0n) is 14.5. The molecule has 0 saturated heterocycles. The zero-order valence-corrected chi connectivity index (χ0v) is 16.9. The number of furan rings is 1. The fourth-order valence-corrected chi connectivity index (χ4v) is 2.12. The molecule has 0 fully saturated rings. The van der Waals surface area contributed by atoms with Gasteiger partial charge in [0.1, 0.15) is 5.76 Å². The lowest BCUT2D eigenvalue weighted by Gasteiger charge is -2.10. The van der Waals surface area contributed by atoms with E-state index in [9.17, 15) is 4.79 Å². The van der Waals surface area contributed by atoms with Crippen molar-refractivity contribution < 1.29 is 9.21 Å². The number of nitrogens with one attached hydrogen (secondary N) is 3. The van der Waals surface area contributed by atoms with Gasteiger partial charge in [0.15, 0.2) is 5.96 Å². The summed E-state index contributed by atoms with van der Waals surface area (Å²) in [6, 6.07) is 11.3. The Kier molecular flexibility index (Phi) is 9.68. The van der Waals surface area contributed by atoms with Gasteiger partial charge >= 0.3 is 0 Å². The smallest absolute Gasteiger partial charge is 0.251 e. The van der Waals surface area contributed by atoms with Crippen LogP contribution in [-0.2, 0) is 13.1 Å². The first-order valence-corrected chi connectivity index (χ1v) is 8.14. The highest BCUT2D eigenvalue weighted by Gasteiger charge is 2.04. The highest BCUT2D eigenvalue weighted by molar-refractivity contribution is 14.0. The van der Waals surface area contributed by atoms with Crippen LogP contribution in [0.25, 0.3) is 0 Å². The normalized spacial score (nSPS) is 10.7. The van der Waals surface area contributed by atoms with Crippen LogP contribution < -0.4 is 16.0 Å². The van der Waals surface area contributed by atoms with E-state index >= 15 is 0 Å². The van der Waals surface area contributed by atoms with Crippen LogP contribution in [0.3, 0.4) is 0 Å². The largest absolute Gasteiger partial charge is 0.467 e. The average Bonchev–Trinajstić information content (AvgIpc) is 3.11. The van der Waals surface area contributed by atoms with Crippen LogP contribution in [0.1, 0.15) is 35.5 Å². The summed E-state index contributed by atoms with van der Waals surface area (Å²) in [6.45, 7) is 6.43. The first-order valence-electron chi connectivity index (χ1n) is 8.14. The second kappa shape index (κ2) is 11.5. The molecule has 0 saturated carbocycles. The quantitative estimate of drug-likeness (QED) is 0.340. The summed E-state index contributed by atoms with van der Waals surface area (Å²) < 4.78 is 5.30. The predicted molar refractivity (Wildman–Crippen MR) is 110 cm³/mol. The van der Waals surface area contributed by atoms with Crippen molar-refractivity contribution in [2.24, 2.45) is 4.99 Å². The molecule has 0 bridgehead atoms. The van der Waals surface area contributed by atoms with Gasteiger partial charge in [0, 0.05) is 18.7 Å². The summed E-state index contributed by atoms with van der Waals surface area (Å²) in [5.41, 5.74) is 1.70. The maximum absolute atomic E-state index is 11.7. The number of halogens is 1. The lowest BCUT2D eigenvalue weighted by molar-refractivity contribution is 0.0956. The van der Waals surface area contributed by atoms with Gasteiger partial charge in [-0.1, -0.05) is 12.1 Å². The van der Waals surface area contributed by atoms with Gasteiger partial charge in [-0.2, -0.15) is 0 Å². The number of amides is 1. The van der Waals surface area contributed by atoms with Crippen molar-refractivity contribution in [3.63, 3.8) is 0 Å². The molecule has 0 radical (unpaired) electrons. The van der Waals surface area contributed by atoms with E-state index in [1.807, 2.05) is 50.2 Å². The molecule has 0 spiro atoms. The monoisotopic (exact) mass is 456 g/mol. The first kappa shape index (κ1) is 21.0. The Hall–Kier alpha value is -2.03. The minimum absolute atomic E-state index is 0. The van der Waals surface area contributed by atoms with Crippen LogP contribution in [-0.4, -0.2) is 25.0 Å². The Morgan fingerprint density at radius 2 is 1.76 bits per heavy atom. The number of guanidine groups is 1. The van der Waals surface area contributed by atoms with Crippen molar-refractivity contribution in [2.75, 3.05) is 13.1 Å². The van der Waals surface area contributed by atoms with Gasteiger partial charge in [0.05, 0.1) is 19.4 Å². The summed E-state index contributed by atoms with van der Waals surface area (Å²) in [5, 5.41) is 9.20. The molecule has 6 nitrogen and oxygen atoms in total. The molecular formula is C18H25IN4O2. The highest BCUT2D eigenvalue weighted by atomic mass is 127. The van der Waals surface area contributed by atoms with Crippen LogP contribution in [0.15, 0.2) is 52.1 Å². The number of nitrogens with zero attached hydrogens (tertiary/aromatic N) is 1. The molecule has 2 aromatic rings. The van der Waals surface area contributed by atoms with Gasteiger partial charge in [-0.05, 0) is 43.7 Å². The molecule has 7 heteroatoms. The number of carbonyl (C=O) groups is 1. The number of hydrogen-bond acceptors (Lipinski definition) is 3. The van der Waals surface area contributed by atoms with E-state index in [0.717, 1.165) is 23.8 Å². The van der Waals surface area contributed by atoms with Crippen molar-refractivity contribution in [3.05, 3.63) is 59.5 Å². The van der Waals surface area contributed by atoms with E-state index in [1.165, 1.54) is 0 Å². The van der Waals surface area contributed by atoms with E-state index in [2.05, 4.69) is 20.9 Å². The van der Waals surface area contributed by atoms with E-state index in [1.54, 1.807) is 6.26 Å². The van der Waals surface area contributed by atoms with Crippen LogP contribution in [0.4, 0.5) is 0 Å². The summed E-state index contributed by atoms with van der Waals surface area (Å²) >= 11 is 0. The second-order valence-electron chi connectivity index (χ2n) is 5.18. The van der Waals surface area contributed by atoms with Crippen molar-refractivity contribution in [1.82, 2.24) is 16.0 Å². The van der Waals surface area contributed by atoms with Crippen LogP contribution >= 0.6 is 24.0 Å². The van der Waals surface area contributed by atoms with Gasteiger partial charge in [-0.15, -0.1) is 24.0 Å². The number of hydrogen-bond donors (Lipinski definition) is 3. The minimum Gasteiger partial charge on any atom is -0.467 e. The minimum atomic E-state index is -0.0546. The second-order valence-corrected chi connectivity index (χ2v) is 5.18. The highest BCUT2D eigenvalue weighted by Crippen LogP contribution is 2.06. The van der Waals surface area contributed by atoms with Gasteiger partial charge < -0.3 is 20.4 Å². The van der Waals surface area contributed by atoms with Crippen molar-refractivity contribution in [1.29, 1.82) is 0 Å². The SMILES string of the molecule is CCNC(=O)c1ccc(CN=C(NCC)NCc2ccco2)cc1.I. The topological polar surface area (TPSA) is 78.7 Å². The third-order valence-corrected chi connectivity index (χ3v) is 3.33. The summed E-state index contributed by atoms with van der Waals surface area (Å²) in [4.78, 5) is 16.3.